The Bertz CT molecular complexity index is 374. The van der Waals surface area contributed by atoms with Gasteiger partial charge >= 0.3 is 5.97 Å². The Labute approximate surface area is 206 Å². The molecule has 4 heteroatoms. The van der Waals surface area contributed by atoms with Crippen molar-refractivity contribution in [2.75, 3.05) is 27.2 Å². The van der Waals surface area contributed by atoms with Gasteiger partial charge in [-0.25, -0.2) is 0 Å². The summed E-state index contributed by atoms with van der Waals surface area (Å²) in [6, 6.07) is 0. The van der Waals surface area contributed by atoms with Crippen molar-refractivity contribution in [3.8, 4) is 0 Å². The summed E-state index contributed by atoms with van der Waals surface area (Å²) >= 11 is 0. The lowest BCUT2D eigenvalue weighted by Gasteiger charge is -2.30. The first-order valence-corrected chi connectivity index (χ1v) is 13.5. The quantitative estimate of drug-likeness (QED) is 0.105. The Balaban J connectivity index is 0. The number of aliphatic carboxylic acids is 1. The largest absolute Gasteiger partial charge is 0.481 e. The van der Waals surface area contributed by atoms with Crippen molar-refractivity contribution in [2.24, 2.45) is 0 Å². The predicted octanol–water partition coefficient (Wildman–Crippen LogP) is 8.94. The van der Waals surface area contributed by atoms with Gasteiger partial charge in [-0.05, 0) is 32.1 Å². The minimum Gasteiger partial charge on any atom is -0.481 e. The van der Waals surface area contributed by atoms with E-state index in [0.29, 0.717) is 6.42 Å². The molecule has 0 aliphatic heterocycles. The molecule has 0 unspecified atom stereocenters. The lowest BCUT2D eigenvalue weighted by molar-refractivity contribution is -0.890. The van der Waals surface area contributed by atoms with Crippen LogP contribution < -0.4 is 0 Å². The van der Waals surface area contributed by atoms with Gasteiger partial charge in [-0.15, -0.1) is 17.0 Å². The van der Waals surface area contributed by atoms with Gasteiger partial charge in [0.1, 0.15) is 0 Å². The van der Waals surface area contributed by atoms with E-state index in [0.717, 1.165) is 12.8 Å². The van der Waals surface area contributed by atoms with E-state index in [2.05, 4.69) is 21.0 Å². The molecule has 0 aliphatic carbocycles. The molecule has 0 saturated carbocycles. The van der Waals surface area contributed by atoms with Crippen LogP contribution in [-0.2, 0) is 4.79 Å². The smallest absolute Gasteiger partial charge is 0.303 e. The van der Waals surface area contributed by atoms with Crippen LogP contribution in [0.2, 0.25) is 0 Å². The van der Waals surface area contributed by atoms with Gasteiger partial charge < -0.3 is 9.59 Å². The van der Waals surface area contributed by atoms with E-state index in [-0.39, 0.29) is 17.0 Å². The molecule has 0 aromatic heterocycles. The summed E-state index contributed by atoms with van der Waals surface area (Å²) in [6.45, 7) is 4.94. The third-order valence-electron chi connectivity index (χ3n) is 6.52. The van der Waals surface area contributed by atoms with Gasteiger partial charge in [0.15, 0.2) is 0 Å². The predicted molar refractivity (Wildman–Crippen MR) is 142 cm³/mol. The number of halogens is 1. The molecule has 0 spiro atoms. The van der Waals surface area contributed by atoms with E-state index < -0.39 is 5.97 Å². The summed E-state index contributed by atoms with van der Waals surface area (Å²) in [4.78, 5) is 10.5. The lowest BCUT2D eigenvalue weighted by Crippen LogP contribution is -2.41. The topological polar surface area (TPSA) is 37.3 Å². The lowest BCUT2D eigenvalue weighted by atomic mass is 10.0. The number of rotatable bonds is 24. The minimum absolute atomic E-state index is 0. The van der Waals surface area contributed by atoms with E-state index in [1.54, 1.807) is 0 Å². The summed E-state index contributed by atoms with van der Waals surface area (Å²) in [5.74, 6) is -0.653. The molecule has 1 N–H and O–H groups in total. The van der Waals surface area contributed by atoms with E-state index in [1.165, 1.54) is 133 Å². The van der Waals surface area contributed by atoms with Gasteiger partial charge in [0.25, 0.3) is 0 Å². The third kappa shape index (κ3) is 27.9. The van der Waals surface area contributed by atoms with Gasteiger partial charge in [-0.1, -0.05) is 103 Å². The molecule has 0 aromatic carbocycles. The van der Waals surface area contributed by atoms with Crippen LogP contribution in [-0.4, -0.2) is 42.7 Å². The van der Waals surface area contributed by atoms with Crippen molar-refractivity contribution in [1.82, 2.24) is 0 Å². The minimum atomic E-state index is -0.653. The van der Waals surface area contributed by atoms with Crippen molar-refractivity contribution < 1.29 is 14.4 Å². The molecular weight excluding hydrogens is 450 g/mol. The van der Waals surface area contributed by atoms with Crippen molar-refractivity contribution in [3.05, 3.63) is 0 Å². The third-order valence-corrected chi connectivity index (χ3v) is 6.52. The number of quaternary nitrogens is 1. The molecule has 0 bridgehead atoms. The van der Waals surface area contributed by atoms with Crippen LogP contribution in [0.25, 0.3) is 0 Å². The fraction of sp³-hybridized carbons (Fsp3) is 0.963. The Morgan fingerprint density at radius 2 is 0.839 bits per heavy atom. The zero-order valence-electron chi connectivity index (χ0n) is 21.5. The zero-order valence-corrected chi connectivity index (χ0v) is 23.2. The molecule has 0 aliphatic rings. The van der Waals surface area contributed by atoms with Gasteiger partial charge in [0.05, 0.1) is 27.2 Å². The standard InChI is InChI=1S/C27H55NO2.BrH/c1-4-5-6-7-8-9-10-11-13-16-19-22-25-28(2,3)26-23-20-17-14-12-15-18-21-24-27(29)30;/h4-26H2,1-3H3;1H/p+1. The van der Waals surface area contributed by atoms with Crippen molar-refractivity contribution in [2.45, 2.75) is 142 Å². The second-order valence-electron chi connectivity index (χ2n) is 10.2. The molecule has 0 aromatic rings. The maximum absolute atomic E-state index is 10.5. The van der Waals surface area contributed by atoms with Crippen molar-refractivity contribution in [3.63, 3.8) is 0 Å². The average molecular weight is 508 g/mol. The van der Waals surface area contributed by atoms with Crippen LogP contribution in [0.1, 0.15) is 142 Å². The number of unbranched alkanes of at least 4 members (excludes halogenated alkanes) is 18. The molecule has 0 atom stereocenters. The molecule has 0 fully saturated rings. The van der Waals surface area contributed by atoms with Crippen LogP contribution in [0.15, 0.2) is 0 Å². The van der Waals surface area contributed by atoms with Gasteiger partial charge in [0.2, 0.25) is 0 Å². The highest BCUT2D eigenvalue weighted by Gasteiger charge is 2.13. The highest BCUT2D eigenvalue weighted by Crippen LogP contribution is 2.14. The summed E-state index contributed by atoms with van der Waals surface area (Å²) in [5, 5.41) is 8.63. The van der Waals surface area contributed by atoms with Crippen LogP contribution in [0.5, 0.6) is 0 Å². The molecule has 0 amide bonds. The second kappa shape index (κ2) is 24.6. The van der Waals surface area contributed by atoms with Crippen LogP contribution >= 0.6 is 17.0 Å². The van der Waals surface area contributed by atoms with Crippen LogP contribution in [0.4, 0.5) is 0 Å². The average Bonchev–Trinajstić information content (AvgIpc) is 2.70. The molecule has 188 valence electrons. The van der Waals surface area contributed by atoms with Crippen LogP contribution in [0, 0.1) is 0 Å². The number of hydrogen-bond donors (Lipinski definition) is 1. The van der Waals surface area contributed by atoms with Crippen LogP contribution in [0.3, 0.4) is 0 Å². The van der Waals surface area contributed by atoms with E-state index in [4.69, 9.17) is 5.11 Å². The monoisotopic (exact) mass is 506 g/mol. The first kappa shape index (κ1) is 33.1. The van der Waals surface area contributed by atoms with Gasteiger partial charge in [-0.3, -0.25) is 4.79 Å². The molecular formula is C27H57BrNO2+. The number of carbonyl (C=O) groups is 1. The molecule has 3 nitrogen and oxygen atoms in total. The molecule has 0 radical (unpaired) electrons. The highest BCUT2D eigenvalue weighted by atomic mass is 79.9. The van der Waals surface area contributed by atoms with Gasteiger partial charge in [-0.2, -0.15) is 0 Å². The summed E-state index contributed by atoms with van der Waals surface area (Å²) < 4.78 is 1.19. The molecule has 31 heavy (non-hydrogen) atoms. The normalized spacial score (nSPS) is 11.5. The van der Waals surface area contributed by atoms with E-state index in [1.807, 2.05) is 0 Å². The Kier molecular flexibility index (Phi) is 26.2. The molecule has 0 heterocycles. The van der Waals surface area contributed by atoms with Gasteiger partial charge in [0, 0.05) is 6.42 Å². The van der Waals surface area contributed by atoms with E-state index >= 15 is 0 Å². The Hall–Kier alpha value is -0.0900. The highest BCUT2D eigenvalue weighted by molar-refractivity contribution is 8.93. The Morgan fingerprint density at radius 1 is 0.548 bits per heavy atom. The van der Waals surface area contributed by atoms with Crippen molar-refractivity contribution in [1.29, 1.82) is 0 Å². The number of nitrogens with zero attached hydrogens (tertiary/aromatic N) is 1. The fourth-order valence-corrected chi connectivity index (χ4v) is 4.37. The second-order valence-corrected chi connectivity index (χ2v) is 10.2. The first-order chi connectivity index (χ1) is 14.5. The van der Waals surface area contributed by atoms with Crippen molar-refractivity contribution >= 4 is 23.0 Å². The maximum Gasteiger partial charge on any atom is 0.303 e. The fourth-order valence-electron chi connectivity index (χ4n) is 4.37. The Morgan fingerprint density at radius 3 is 1.16 bits per heavy atom. The zero-order chi connectivity index (χ0) is 22.3. The number of carboxylic acids is 1. The summed E-state index contributed by atoms with van der Waals surface area (Å²) in [6.07, 6.45) is 27.3. The molecule has 0 saturated heterocycles. The number of hydrogen-bond acceptors (Lipinski definition) is 1. The number of carboxylic acid groups (broad SMARTS) is 1. The van der Waals surface area contributed by atoms with E-state index in [9.17, 15) is 4.79 Å². The summed E-state index contributed by atoms with van der Waals surface area (Å²) in [5.41, 5.74) is 0. The maximum atomic E-state index is 10.5. The summed E-state index contributed by atoms with van der Waals surface area (Å²) in [7, 11) is 4.81. The first-order valence-electron chi connectivity index (χ1n) is 13.5. The SMILES string of the molecule is Br.CCCCCCCCCCCCCC[N+](C)(C)CCCCCCCCCCC(=O)O. The molecule has 0 rings (SSSR count).